The lowest BCUT2D eigenvalue weighted by Gasteiger charge is -2.10. The summed E-state index contributed by atoms with van der Waals surface area (Å²) in [4.78, 5) is 27.9. The van der Waals surface area contributed by atoms with Crippen LogP contribution in [-0.4, -0.2) is 15.6 Å². The largest absolute Gasteiger partial charge is 0.280 e. The van der Waals surface area contributed by atoms with Crippen LogP contribution in [0.3, 0.4) is 0 Å². The number of hydrogen-bond acceptors (Lipinski definition) is 4. The summed E-state index contributed by atoms with van der Waals surface area (Å²) in [7, 11) is 0. The van der Waals surface area contributed by atoms with Gasteiger partial charge in [-0.25, -0.2) is 9.66 Å². The van der Waals surface area contributed by atoms with Gasteiger partial charge in [0.05, 0.1) is 17.0 Å². The summed E-state index contributed by atoms with van der Waals surface area (Å²) in [6.07, 6.45) is -0.317. The van der Waals surface area contributed by atoms with E-state index in [1.807, 2.05) is 0 Å². The van der Waals surface area contributed by atoms with Crippen LogP contribution in [0.4, 0.5) is 0 Å². The van der Waals surface area contributed by atoms with E-state index in [1.54, 1.807) is 31.2 Å². The van der Waals surface area contributed by atoms with Crippen LogP contribution in [-0.2, 0) is 4.79 Å². The van der Waals surface area contributed by atoms with Crippen molar-refractivity contribution in [3.63, 3.8) is 0 Å². The summed E-state index contributed by atoms with van der Waals surface area (Å²) in [6, 6.07) is 6.86. The minimum absolute atomic E-state index is 0.317. The van der Waals surface area contributed by atoms with E-state index < -0.39 is 5.91 Å². The number of nitrogens with zero attached hydrogens (tertiary/aromatic N) is 3. The van der Waals surface area contributed by atoms with Crippen LogP contribution in [0.5, 0.6) is 0 Å². The molecule has 2 aromatic rings. The monoisotopic (exact) mass is 320 g/mol. The lowest BCUT2D eigenvalue weighted by molar-refractivity contribution is -0.116. The highest BCUT2D eigenvalue weighted by Crippen LogP contribution is 2.15. The van der Waals surface area contributed by atoms with Gasteiger partial charge in [-0.2, -0.15) is 5.26 Å². The molecular formula is C12H9BrN4O2. The first kappa shape index (κ1) is 13.2. The summed E-state index contributed by atoms with van der Waals surface area (Å²) in [5.41, 5.74) is 2.53. The van der Waals surface area contributed by atoms with E-state index in [9.17, 15) is 9.59 Å². The van der Waals surface area contributed by atoms with Crippen LogP contribution in [0.15, 0.2) is 27.5 Å². The molecule has 1 N–H and O–H groups in total. The predicted octanol–water partition coefficient (Wildman–Crippen LogP) is 1.45. The average molecular weight is 321 g/mol. The molecular weight excluding hydrogens is 312 g/mol. The van der Waals surface area contributed by atoms with Crippen LogP contribution >= 0.6 is 15.9 Å². The smallest absolute Gasteiger partial charge is 0.272 e. The molecule has 0 unspecified atom stereocenters. The van der Waals surface area contributed by atoms with E-state index in [0.717, 1.165) is 9.15 Å². The standard InChI is InChI=1S/C12H9BrN4O2/c1-7-15-10-3-2-8(13)6-9(10)12(19)17(7)16-11(18)4-5-14/h2-3,6H,4H2,1H3,(H,16,18). The van der Waals surface area contributed by atoms with Crippen LogP contribution < -0.4 is 11.0 Å². The minimum Gasteiger partial charge on any atom is -0.272 e. The number of aryl methyl sites for hydroxylation is 1. The highest BCUT2D eigenvalue weighted by atomic mass is 79.9. The highest BCUT2D eigenvalue weighted by molar-refractivity contribution is 9.10. The normalized spacial score (nSPS) is 10.2. The van der Waals surface area contributed by atoms with Crippen molar-refractivity contribution >= 4 is 32.7 Å². The molecule has 7 heteroatoms. The Hall–Kier alpha value is -2.20. The third-order valence-corrected chi connectivity index (χ3v) is 2.97. The molecule has 1 amide bonds. The molecule has 6 nitrogen and oxygen atoms in total. The fourth-order valence-corrected chi connectivity index (χ4v) is 2.00. The quantitative estimate of drug-likeness (QED) is 0.907. The SMILES string of the molecule is Cc1nc2ccc(Br)cc2c(=O)n1NC(=O)CC#N. The summed E-state index contributed by atoms with van der Waals surface area (Å²) in [6.45, 7) is 1.61. The topological polar surface area (TPSA) is 87.8 Å². The lowest BCUT2D eigenvalue weighted by Crippen LogP contribution is -2.35. The van der Waals surface area contributed by atoms with Crippen LogP contribution in [0.2, 0.25) is 0 Å². The van der Waals surface area contributed by atoms with Crippen molar-refractivity contribution in [1.82, 2.24) is 9.66 Å². The molecule has 2 rings (SSSR count). The van der Waals surface area contributed by atoms with Crippen molar-refractivity contribution in [3.8, 4) is 6.07 Å². The number of nitrogens with one attached hydrogen (secondary N) is 1. The van der Waals surface area contributed by atoms with Gasteiger partial charge in [0, 0.05) is 4.47 Å². The number of halogens is 1. The molecule has 0 aliphatic heterocycles. The molecule has 1 aromatic carbocycles. The van der Waals surface area contributed by atoms with Gasteiger partial charge in [0.2, 0.25) is 0 Å². The van der Waals surface area contributed by atoms with E-state index >= 15 is 0 Å². The Morgan fingerprint density at radius 1 is 1.58 bits per heavy atom. The van der Waals surface area contributed by atoms with E-state index in [0.29, 0.717) is 16.7 Å². The summed E-state index contributed by atoms with van der Waals surface area (Å²) < 4.78 is 1.80. The first-order valence-electron chi connectivity index (χ1n) is 5.38. The number of hydrogen-bond donors (Lipinski definition) is 1. The molecule has 0 fully saturated rings. The number of aromatic nitrogens is 2. The molecule has 0 aliphatic rings. The number of nitriles is 1. The third-order valence-electron chi connectivity index (χ3n) is 2.47. The van der Waals surface area contributed by atoms with Gasteiger partial charge in [0.25, 0.3) is 11.5 Å². The van der Waals surface area contributed by atoms with Crippen molar-refractivity contribution in [2.24, 2.45) is 0 Å². The minimum atomic E-state index is -0.552. The Balaban J connectivity index is 2.59. The number of fused-ring (bicyclic) bond motifs is 1. The van der Waals surface area contributed by atoms with Crippen molar-refractivity contribution in [3.05, 3.63) is 38.9 Å². The van der Waals surface area contributed by atoms with E-state index in [1.165, 1.54) is 0 Å². The Bertz CT molecular complexity index is 761. The molecule has 0 radical (unpaired) electrons. The average Bonchev–Trinajstić information content (AvgIpc) is 2.36. The van der Waals surface area contributed by atoms with Gasteiger partial charge >= 0.3 is 0 Å². The third kappa shape index (κ3) is 2.63. The van der Waals surface area contributed by atoms with Crippen molar-refractivity contribution < 1.29 is 4.79 Å². The summed E-state index contributed by atoms with van der Waals surface area (Å²) in [5, 5.41) is 8.83. The van der Waals surface area contributed by atoms with Gasteiger partial charge in [-0.05, 0) is 25.1 Å². The zero-order valence-corrected chi connectivity index (χ0v) is 11.6. The molecule has 0 saturated heterocycles. The number of rotatable bonds is 2. The molecule has 0 bridgehead atoms. The van der Waals surface area contributed by atoms with Gasteiger partial charge in [-0.1, -0.05) is 15.9 Å². The Labute approximate surface area is 116 Å². The van der Waals surface area contributed by atoms with E-state index in [2.05, 4.69) is 26.3 Å². The van der Waals surface area contributed by atoms with Gasteiger partial charge in [-0.15, -0.1) is 0 Å². The predicted molar refractivity (Wildman–Crippen MR) is 73.0 cm³/mol. The molecule has 96 valence electrons. The van der Waals surface area contributed by atoms with Crippen LogP contribution in [0.1, 0.15) is 12.2 Å². The van der Waals surface area contributed by atoms with Gasteiger partial charge in [0.15, 0.2) is 0 Å². The lowest BCUT2D eigenvalue weighted by atomic mass is 10.2. The van der Waals surface area contributed by atoms with E-state index in [4.69, 9.17) is 5.26 Å². The van der Waals surface area contributed by atoms with Crippen LogP contribution in [0.25, 0.3) is 10.9 Å². The second-order valence-corrected chi connectivity index (χ2v) is 4.75. The maximum absolute atomic E-state index is 12.2. The highest BCUT2D eigenvalue weighted by Gasteiger charge is 2.10. The number of amides is 1. The first-order chi connectivity index (χ1) is 9.02. The first-order valence-corrected chi connectivity index (χ1v) is 6.18. The summed E-state index contributed by atoms with van der Waals surface area (Å²) >= 11 is 3.28. The molecule has 19 heavy (non-hydrogen) atoms. The Kier molecular flexibility index (Phi) is 3.62. The molecule has 0 aliphatic carbocycles. The molecule has 0 saturated carbocycles. The molecule has 0 atom stereocenters. The maximum atomic E-state index is 12.2. The number of carbonyl (C=O) groups excluding carboxylic acids is 1. The fraction of sp³-hybridized carbons (Fsp3) is 0.167. The molecule has 1 heterocycles. The van der Waals surface area contributed by atoms with E-state index in [-0.39, 0.29) is 12.0 Å². The van der Waals surface area contributed by atoms with Crippen molar-refractivity contribution in [2.45, 2.75) is 13.3 Å². The van der Waals surface area contributed by atoms with Gasteiger partial charge < -0.3 is 0 Å². The molecule has 0 spiro atoms. The van der Waals surface area contributed by atoms with Crippen molar-refractivity contribution in [2.75, 3.05) is 5.43 Å². The van der Waals surface area contributed by atoms with Gasteiger partial charge in [-0.3, -0.25) is 15.0 Å². The van der Waals surface area contributed by atoms with Crippen molar-refractivity contribution in [1.29, 1.82) is 5.26 Å². The second-order valence-electron chi connectivity index (χ2n) is 3.83. The van der Waals surface area contributed by atoms with Gasteiger partial charge in [0.1, 0.15) is 12.2 Å². The maximum Gasteiger partial charge on any atom is 0.280 e. The Morgan fingerprint density at radius 3 is 3.00 bits per heavy atom. The number of carbonyl (C=O) groups is 1. The Morgan fingerprint density at radius 2 is 2.32 bits per heavy atom. The second kappa shape index (κ2) is 5.20. The summed E-state index contributed by atoms with van der Waals surface area (Å²) in [5.74, 6) is -0.199. The zero-order chi connectivity index (χ0) is 14.0. The number of benzene rings is 1. The van der Waals surface area contributed by atoms with Crippen LogP contribution in [0, 0.1) is 18.3 Å². The fourth-order valence-electron chi connectivity index (χ4n) is 1.64. The molecule has 1 aromatic heterocycles. The zero-order valence-electron chi connectivity index (χ0n) is 9.98.